The molecule has 0 aliphatic carbocycles. The van der Waals surface area contributed by atoms with Gasteiger partial charge in [0.05, 0.1) is 0 Å². The molecule has 0 aliphatic rings. The summed E-state index contributed by atoms with van der Waals surface area (Å²) in [6.07, 6.45) is 0. The maximum absolute atomic E-state index is 7.21. The van der Waals surface area contributed by atoms with Gasteiger partial charge in [-0.3, -0.25) is 0 Å². The van der Waals surface area contributed by atoms with Crippen LogP contribution in [0, 0.1) is 10.2 Å². The molecule has 0 rings (SSSR count). The van der Waals surface area contributed by atoms with Crippen LogP contribution in [0.3, 0.4) is 0 Å². The molecule has 5 heavy (non-hydrogen) atoms. The first kappa shape index (κ1) is 16.0. The van der Waals surface area contributed by atoms with E-state index in [1.165, 1.54) is 4.97 Å². The third-order valence-corrected chi connectivity index (χ3v) is 0. The molecule has 0 aromatic carbocycles. The standard InChI is InChI=1S/CN.Cu.Fe.Na.H/c1-2;;;;. The maximum atomic E-state index is 7.21. The Morgan fingerprint density at radius 3 is 1.60 bits per heavy atom. The van der Waals surface area contributed by atoms with E-state index in [0.717, 1.165) is 0 Å². The fourth-order valence-corrected chi connectivity index (χ4v) is 0. The molecule has 0 fully saturated rings. The number of rotatable bonds is 0. The van der Waals surface area contributed by atoms with Crippen LogP contribution in [-0.2, 0) is 33.1 Å². The van der Waals surface area contributed by atoms with Crippen molar-refractivity contribution in [2.45, 2.75) is 0 Å². The summed E-state index contributed by atoms with van der Waals surface area (Å²) in [4.78, 5) is 1.50. The van der Waals surface area contributed by atoms with Gasteiger partial charge in [0.15, 0.2) is 0 Å². The summed E-state index contributed by atoms with van der Waals surface area (Å²) in [5.74, 6) is 0. The molecular formula is CHCuFeNNa. The Morgan fingerprint density at radius 1 is 1.60 bits per heavy atom. The van der Waals surface area contributed by atoms with E-state index in [-0.39, 0.29) is 46.6 Å². The van der Waals surface area contributed by atoms with E-state index in [1.807, 2.05) is 0 Å². The van der Waals surface area contributed by atoms with Crippen LogP contribution in [0.5, 0.6) is 0 Å². The van der Waals surface area contributed by atoms with Crippen molar-refractivity contribution in [1.29, 1.82) is 5.26 Å². The average molecular weight is 169 g/mol. The zero-order valence-electron chi connectivity index (χ0n) is 1.60. The third-order valence-electron chi connectivity index (χ3n) is 0. The first-order valence-corrected chi connectivity index (χ1v) is 0.952. The van der Waals surface area contributed by atoms with Crippen LogP contribution in [0.25, 0.3) is 0 Å². The topological polar surface area (TPSA) is 23.8 Å². The van der Waals surface area contributed by atoms with E-state index in [1.54, 1.807) is 0 Å². The van der Waals surface area contributed by atoms with Gasteiger partial charge in [-0.05, 0) is 0 Å². The number of nitrogens with zero attached hydrogens (tertiary/aromatic N) is 1. The summed E-state index contributed by atoms with van der Waals surface area (Å²) in [6.45, 7) is 0. The molecule has 30 valence electrons. The van der Waals surface area contributed by atoms with Gasteiger partial charge in [0.25, 0.3) is 0 Å². The van der Waals surface area contributed by atoms with Crippen LogP contribution in [0.1, 0.15) is 0 Å². The van der Waals surface area contributed by atoms with Crippen LogP contribution in [0.4, 0.5) is 0 Å². The van der Waals surface area contributed by atoms with Gasteiger partial charge in [-0.2, -0.15) is 0 Å². The Bertz CT molecular complexity index is 33.1. The van der Waals surface area contributed by atoms with E-state index < -0.39 is 0 Å². The molecule has 4 heteroatoms. The van der Waals surface area contributed by atoms with Gasteiger partial charge >= 0.3 is 55.8 Å². The molecule has 0 heterocycles. The number of nitriles is 1. The quantitative estimate of drug-likeness (QED) is 0.443. The summed E-state index contributed by atoms with van der Waals surface area (Å²) in [7, 11) is 0. The monoisotopic (exact) mass is 169 g/mol. The normalized spacial score (nSPS) is 1.60. The van der Waals surface area contributed by atoms with Crippen LogP contribution >= 0.6 is 0 Å². The number of hydrogen-bond acceptors (Lipinski definition) is 1. The molecule has 0 N–H and O–H groups in total. The molecule has 0 atom stereocenters. The summed E-state index contributed by atoms with van der Waals surface area (Å²) in [5.41, 5.74) is 0. The molecular weight excluding hydrogens is 168 g/mol. The van der Waals surface area contributed by atoms with E-state index in [0.29, 0.717) is 0 Å². The van der Waals surface area contributed by atoms with Gasteiger partial charge in [-0.1, -0.05) is 0 Å². The van der Waals surface area contributed by atoms with Crippen molar-refractivity contribution in [3.8, 4) is 4.97 Å². The number of hydrogen-bond donors (Lipinski definition) is 0. The van der Waals surface area contributed by atoms with Crippen molar-refractivity contribution in [1.82, 2.24) is 0 Å². The van der Waals surface area contributed by atoms with Gasteiger partial charge in [0.2, 0.25) is 0 Å². The van der Waals surface area contributed by atoms with Crippen molar-refractivity contribution in [3.63, 3.8) is 0 Å². The zero-order valence-corrected chi connectivity index (χ0v) is 3.65. The van der Waals surface area contributed by atoms with Gasteiger partial charge in [0, 0.05) is 17.1 Å². The predicted molar refractivity (Wildman–Crippen MR) is 12.8 cm³/mol. The molecule has 0 amide bonds. The molecule has 0 bridgehead atoms. The summed E-state index contributed by atoms with van der Waals surface area (Å²) < 4.78 is 0. The van der Waals surface area contributed by atoms with Gasteiger partial charge in [-0.15, -0.1) is 0 Å². The van der Waals surface area contributed by atoms with E-state index >= 15 is 0 Å². The van der Waals surface area contributed by atoms with Crippen molar-refractivity contribution < 1.29 is 33.1 Å². The Kier molecular flexibility index (Phi) is 56.8. The second kappa shape index (κ2) is 17.7. The van der Waals surface area contributed by atoms with Crippen molar-refractivity contribution in [2.75, 3.05) is 0 Å². The van der Waals surface area contributed by atoms with Crippen LogP contribution in [0.15, 0.2) is 0 Å². The Balaban J connectivity index is -0.0000000200. The van der Waals surface area contributed by atoms with E-state index in [4.69, 9.17) is 5.26 Å². The van der Waals surface area contributed by atoms with Crippen LogP contribution in [-0.4, -0.2) is 29.6 Å². The Hall–Kier alpha value is 1.53. The van der Waals surface area contributed by atoms with Crippen molar-refractivity contribution in [2.24, 2.45) is 0 Å². The Labute approximate surface area is 72.1 Å². The summed E-state index contributed by atoms with van der Waals surface area (Å²) in [6, 6.07) is 0. The molecule has 0 aromatic heterocycles. The molecule has 0 saturated carbocycles. The van der Waals surface area contributed by atoms with Crippen LogP contribution < -0.4 is 0 Å². The Morgan fingerprint density at radius 2 is 1.60 bits per heavy atom. The van der Waals surface area contributed by atoms with Gasteiger partial charge < -0.3 is 0 Å². The zero-order chi connectivity index (χ0) is 2.71. The van der Waals surface area contributed by atoms with Gasteiger partial charge in [0.1, 0.15) is 0 Å². The first-order valence-electron chi connectivity index (χ1n) is 0.400. The van der Waals surface area contributed by atoms with Crippen molar-refractivity contribution >= 4 is 29.6 Å². The van der Waals surface area contributed by atoms with E-state index in [2.05, 4.69) is 16.0 Å². The average Bonchev–Trinajstić information content (AvgIpc) is 0.918. The summed E-state index contributed by atoms with van der Waals surface area (Å²) >= 11 is 2.79. The third kappa shape index (κ3) is 29.5. The van der Waals surface area contributed by atoms with E-state index in [9.17, 15) is 0 Å². The second-order valence-electron chi connectivity index (χ2n) is 0.0791. The van der Waals surface area contributed by atoms with Crippen molar-refractivity contribution in [3.05, 3.63) is 0 Å². The molecule has 1 nitrogen and oxygen atoms in total. The minimum atomic E-state index is 0. The molecule has 0 aliphatic heterocycles. The summed E-state index contributed by atoms with van der Waals surface area (Å²) in [5, 5.41) is 7.21. The molecule has 0 aromatic rings. The fraction of sp³-hybridized carbons (Fsp3) is 0. The predicted octanol–water partition coefficient (Wildman–Crippen LogP) is -0.637. The second-order valence-corrected chi connectivity index (χ2v) is 0.326. The fourth-order valence-electron chi connectivity index (χ4n) is 0. The minimum absolute atomic E-state index is 0. The first-order chi connectivity index (χ1) is 1.41. The molecule has 0 unspecified atom stereocenters. The molecule has 0 saturated heterocycles. The molecule has 1 radical (unpaired) electrons. The SMILES string of the molecule is N#[C][Fe].[Cu].[NaH]. The van der Waals surface area contributed by atoms with Crippen LogP contribution in [0.2, 0.25) is 0 Å². The van der Waals surface area contributed by atoms with Gasteiger partial charge in [-0.25, -0.2) is 0 Å². The molecule has 0 spiro atoms.